The number of aryl methyl sites for hydroxylation is 1. The van der Waals surface area contributed by atoms with Crippen molar-refractivity contribution in [2.45, 2.75) is 33.1 Å². The topological polar surface area (TPSA) is 17.1 Å². The van der Waals surface area contributed by atoms with Crippen LogP contribution in [0.25, 0.3) is 0 Å². The predicted octanol–water partition coefficient (Wildman–Crippen LogP) is 3.54. The molecule has 0 aliphatic rings. The fourth-order valence-electron chi connectivity index (χ4n) is 1.35. The maximum absolute atomic E-state index is 11.5. The second kappa shape index (κ2) is 6.18. The van der Waals surface area contributed by atoms with Gasteiger partial charge in [0.25, 0.3) is 0 Å². The van der Waals surface area contributed by atoms with E-state index < -0.39 is 0 Å². The second-order valence-electron chi connectivity index (χ2n) is 4.01. The average molecular weight is 202 g/mol. The molecule has 0 aromatic heterocycles. The molecule has 0 bridgehead atoms. The Bertz CT molecular complexity index is 332. The Kier molecular flexibility index (Phi) is 4.82. The van der Waals surface area contributed by atoms with Crippen molar-refractivity contribution < 1.29 is 4.79 Å². The van der Waals surface area contributed by atoms with Gasteiger partial charge in [-0.05, 0) is 25.8 Å². The summed E-state index contributed by atoms with van der Waals surface area (Å²) in [5.74, 6) is 0.319. The third-order valence-corrected chi connectivity index (χ3v) is 2.27. The fourth-order valence-corrected chi connectivity index (χ4v) is 1.35. The molecule has 0 heterocycles. The molecule has 0 N–H and O–H groups in total. The molecule has 0 fully saturated rings. The van der Waals surface area contributed by atoms with Gasteiger partial charge in [-0.3, -0.25) is 4.79 Å². The SMILES string of the molecule is CC(C)=CCC(=O)CCc1ccccc1. The lowest BCUT2D eigenvalue weighted by molar-refractivity contribution is -0.118. The molecule has 0 amide bonds. The van der Waals surface area contributed by atoms with Crippen LogP contribution in [0.1, 0.15) is 32.3 Å². The Balaban J connectivity index is 2.32. The van der Waals surface area contributed by atoms with Gasteiger partial charge in [-0.2, -0.15) is 0 Å². The number of allylic oxidation sites excluding steroid dienone is 2. The van der Waals surface area contributed by atoms with Crippen molar-refractivity contribution in [2.24, 2.45) is 0 Å². The number of Topliss-reactive ketones (excluding diaryl/α,β-unsaturated/α-hetero) is 1. The van der Waals surface area contributed by atoms with E-state index in [2.05, 4.69) is 12.1 Å². The number of hydrogen-bond donors (Lipinski definition) is 0. The molecule has 80 valence electrons. The van der Waals surface area contributed by atoms with Gasteiger partial charge >= 0.3 is 0 Å². The summed E-state index contributed by atoms with van der Waals surface area (Å²) in [6.45, 7) is 4.04. The van der Waals surface area contributed by atoms with Crippen LogP contribution >= 0.6 is 0 Å². The number of ketones is 1. The Morgan fingerprint density at radius 1 is 1.20 bits per heavy atom. The fraction of sp³-hybridized carbons (Fsp3) is 0.357. The summed E-state index contributed by atoms with van der Waals surface area (Å²) < 4.78 is 0. The van der Waals surface area contributed by atoms with Crippen molar-refractivity contribution in [3.8, 4) is 0 Å². The molecular weight excluding hydrogens is 184 g/mol. The maximum Gasteiger partial charge on any atom is 0.136 e. The van der Waals surface area contributed by atoms with E-state index in [1.807, 2.05) is 38.1 Å². The molecule has 1 heteroatoms. The highest BCUT2D eigenvalue weighted by molar-refractivity contribution is 5.80. The Morgan fingerprint density at radius 3 is 2.47 bits per heavy atom. The van der Waals surface area contributed by atoms with Crippen LogP contribution in [0, 0.1) is 0 Å². The zero-order valence-corrected chi connectivity index (χ0v) is 9.49. The van der Waals surface area contributed by atoms with E-state index in [0.717, 1.165) is 6.42 Å². The van der Waals surface area contributed by atoms with E-state index in [-0.39, 0.29) is 0 Å². The first-order chi connectivity index (χ1) is 7.18. The molecule has 0 spiro atoms. The molecule has 0 aliphatic heterocycles. The second-order valence-corrected chi connectivity index (χ2v) is 4.01. The standard InChI is InChI=1S/C14H18O/c1-12(2)8-10-14(15)11-9-13-6-4-3-5-7-13/h3-8H,9-11H2,1-2H3. The number of hydrogen-bond acceptors (Lipinski definition) is 1. The van der Waals surface area contributed by atoms with Crippen molar-refractivity contribution in [3.63, 3.8) is 0 Å². The molecule has 0 unspecified atom stereocenters. The third kappa shape index (κ3) is 5.16. The molecule has 0 radical (unpaired) electrons. The molecule has 1 nitrogen and oxygen atoms in total. The summed E-state index contributed by atoms with van der Waals surface area (Å²) >= 11 is 0. The average Bonchev–Trinajstić information content (AvgIpc) is 2.25. The van der Waals surface area contributed by atoms with Gasteiger partial charge in [-0.25, -0.2) is 0 Å². The van der Waals surface area contributed by atoms with Crippen LogP contribution in [-0.2, 0) is 11.2 Å². The highest BCUT2D eigenvalue weighted by Crippen LogP contribution is 2.05. The molecule has 1 aromatic carbocycles. The molecule has 0 atom stereocenters. The van der Waals surface area contributed by atoms with Crippen LogP contribution in [-0.4, -0.2) is 5.78 Å². The van der Waals surface area contributed by atoms with E-state index in [9.17, 15) is 4.79 Å². The lowest BCUT2D eigenvalue weighted by Crippen LogP contribution is -1.98. The van der Waals surface area contributed by atoms with Gasteiger partial charge in [0.15, 0.2) is 0 Å². The summed E-state index contributed by atoms with van der Waals surface area (Å²) in [4.78, 5) is 11.5. The van der Waals surface area contributed by atoms with Crippen molar-refractivity contribution >= 4 is 5.78 Å². The Hall–Kier alpha value is -1.37. The van der Waals surface area contributed by atoms with E-state index in [0.29, 0.717) is 18.6 Å². The van der Waals surface area contributed by atoms with Crippen LogP contribution in [0.15, 0.2) is 42.0 Å². The highest BCUT2D eigenvalue weighted by Gasteiger charge is 2.00. The lowest BCUT2D eigenvalue weighted by Gasteiger charge is -1.99. The van der Waals surface area contributed by atoms with E-state index in [1.54, 1.807) is 0 Å². The van der Waals surface area contributed by atoms with Gasteiger partial charge < -0.3 is 0 Å². The summed E-state index contributed by atoms with van der Waals surface area (Å²) in [5, 5.41) is 0. The minimum atomic E-state index is 0.319. The molecule has 0 saturated heterocycles. The molecule has 0 saturated carbocycles. The van der Waals surface area contributed by atoms with Crippen molar-refractivity contribution in [1.29, 1.82) is 0 Å². The van der Waals surface area contributed by atoms with E-state index in [4.69, 9.17) is 0 Å². The molecule has 0 aliphatic carbocycles. The first kappa shape index (κ1) is 11.7. The minimum Gasteiger partial charge on any atom is -0.299 e. The van der Waals surface area contributed by atoms with E-state index >= 15 is 0 Å². The van der Waals surface area contributed by atoms with Crippen molar-refractivity contribution in [3.05, 3.63) is 47.5 Å². The monoisotopic (exact) mass is 202 g/mol. The molecule has 15 heavy (non-hydrogen) atoms. The minimum absolute atomic E-state index is 0.319. The Morgan fingerprint density at radius 2 is 1.87 bits per heavy atom. The first-order valence-electron chi connectivity index (χ1n) is 5.37. The number of rotatable bonds is 5. The molecule has 1 rings (SSSR count). The normalized spacial score (nSPS) is 9.73. The highest BCUT2D eigenvalue weighted by atomic mass is 16.1. The van der Waals surface area contributed by atoms with Gasteiger partial charge in [0.1, 0.15) is 5.78 Å². The van der Waals surface area contributed by atoms with Crippen LogP contribution in [0.2, 0.25) is 0 Å². The van der Waals surface area contributed by atoms with E-state index in [1.165, 1.54) is 11.1 Å². The van der Waals surface area contributed by atoms with Gasteiger partial charge in [0.05, 0.1) is 0 Å². The Labute approximate surface area is 91.8 Å². The maximum atomic E-state index is 11.5. The summed E-state index contributed by atoms with van der Waals surface area (Å²) in [5.41, 5.74) is 2.45. The van der Waals surface area contributed by atoms with Crippen LogP contribution < -0.4 is 0 Å². The van der Waals surface area contributed by atoms with Crippen LogP contribution in [0.5, 0.6) is 0 Å². The third-order valence-electron chi connectivity index (χ3n) is 2.27. The summed E-state index contributed by atoms with van der Waals surface area (Å²) in [6.07, 6.45) is 4.08. The van der Waals surface area contributed by atoms with Crippen molar-refractivity contribution in [2.75, 3.05) is 0 Å². The zero-order chi connectivity index (χ0) is 11.1. The van der Waals surface area contributed by atoms with Gasteiger partial charge in [0, 0.05) is 12.8 Å². The van der Waals surface area contributed by atoms with Crippen LogP contribution in [0.4, 0.5) is 0 Å². The largest absolute Gasteiger partial charge is 0.299 e. The number of benzene rings is 1. The van der Waals surface area contributed by atoms with Gasteiger partial charge in [-0.15, -0.1) is 0 Å². The van der Waals surface area contributed by atoms with Crippen molar-refractivity contribution in [1.82, 2.24) is 0 Å². The molecular formula is C14H18O. The first-order valence-corrected chi connectivity index (χ1v) is 5.37. The van der Waals surface area contributed by atoms with Gasteiger partial charge in [-0.1, -0.05) is 42.0 Å². The number of carbonyl (C=O) groups is 1. The summed E-state index contributed by atoms with van der Waals surface area (Å²) in [6, 6.07) is 10.1. The summed E-state index contributed by atoms with van der Waals surface area (Å²) in [7, 11) is 0. The number of carbonyl (C=O) groups excluding carboxylic acids is 1. The van der Waals surface area contributed by atoms with Crippen LogP contribution in [0.3, 0.4) is 0 Å². The van der Waals surface area contributed by atoms with Gasteiger partial charge in [0.2, 0.25) is 0 Å². The lowest BCUT2D eigenvalue weighted by atomic mass is 10.1. The zero-order valence-electron chi connectivity index (χ0n) is 9.49. The quantitative estimate of drug-likeness (QED) is 0.667. The smallest absolute Gasteiger partial charge is 0.136 e. The predicted molar refractivity (Wildman–Crippen MR) is 63.8 cm³/mol. The molecule has 1 aromatic rings.